The van der Waals surface area contributed by atoms with Gasteiger partial charge in [0.25, 0.3) is 0 Å². The van der Waals surface area contributed by atoms with E-state index in [0.29, 0.717) is 0 Å². The lowest BCUT2D eigenvalue weighted by Crippen LogP contribution is -2.62. The minimum Gasteiger partial charge on any atom is -0.499 e. The number of rotatable bonds is 3. The first-order chi connectivity index (χ1) is 7.54. The van der Waals surface area contributed by atoms with Gasteiger partial charge >= 0.3 is 0 Å². The monoisotopic (exact) mass is 243 g/mol. The summed E-state index contributed by atoms with van der Waals surface area (Å²) in [5, 5.41) is 0. The van der Waals surface area contributed by atoms with Crippen molar-refractivity contribution in [1.29, 1.82) is 0 Å². The SMILES string of the molecule is COC1=C(C)N2C(=O)C(C(C)OP)C2C1C. The Labute approximate surface area is 98.3 Å². The van der Waals surface area contributed by atoms with Crippen LogP contribution in [0.4, 0.5) is 0 Å². The van der Waals surface area contributed by atoms with Gasteiger partial charge in [-0.15, -0.1) is 0 Å². The van der Waals surface area contributed by atoms with Gasteiger partial charge in [0, 0.05) is 15.4 Å². The van der Waals surface area contributed by atoms with Crippen LogP contribution in [0, 0.1) is 11.8 Å². The summed E-state index contributed by atoms with van der Waals surface area (Å²) in [5.74, 6) is 1.29. The number of nitrogens with zero attached hydrogens (tertiary/aromatic N) is 1. The third-order valence-corrected chi connectivity index (χ3v) is 4.20. The molecule has 0 saturated carbocycles. The number of fused-ring (bicyclic) bond motifs is 1. The van der Waals surface area contributed by atoms with E-state index in [0.717, 1.165) is 11.5 Å². The third-order valence-electron chi connectivity index (χ3n) is 3.77. The summed E-state index contributed by atoms with van der Waals surface area (Å²) in [5.41, 5.74) is 0.956. The fraction of sp³-hybridized carbons (Fsp3) is 0.727. The van der Waals surface area contributed by atoms with E-state index in [1.165, 1.54) is 0 Å². The Morgan fingerprint density at radius 2 is 2.12 bits per heavy atom. The van der Waals surface area contributed by atoms with Crippen LogP contribution in [0.5, 0.6) is 0 Å². The second kappa shape index (κ2) is 4.01. The summed E-state index contributed by atoms with van der Waals surface area (Å²) in [7, 11) is 3.90. The van der Waals surface area contributed by atoms with Crippen molar-refractivity contribution in [1.82, 2.24) is 4.90 Å². The smallest absolute Gasteiger partial charge is 0.235 e. The van der Waals surface area contributed by atoms with Crippen molar-refractivity contribution in [3.63, 3.8) is 0 Å². The van der Waals surface area contributed by atoms with Crippen LogP contribution in [-0.4, -0.2) is 30.1 Å². The molecular weight excluding hydrogens is 225 g/mol. The molecule has 2 rings (SSSR count). The molecule has 5 heteroatoms. The number of β-lactam (4-membered cyclic amide) rings is 1. The second-order valence-electron chi connectivity index (χ2n) is 4.51. The number of carbonyl (C=O) groups excluding carboxylic acids is 1. The molecule has 2 heterocycles. The molecule has 0 radical (unpaired) electrons. The van der Waals surface area contributed by atoms with Crippen molar-refractivity contribution in [2.24, 2.45) is 11.8 Å². The fourth-order valence-corrected chi connectivity index (χ4v) is 3.12. The lowest BCUT2D eigenvalue weighted by Gasteiger charge is -2.47. The lowest BCUT2D eigenvalue weighted by molar-refractivity contribution is -0.158. The summed E-state index contributed by atoms with van der Waals surface area (Å²) in [4.78, 5) is 13.8. The average Bonchev–Trinajstić information content (AvgIpc) is 2.46. The third kappa shape index (κ3) is 1.33. The molecule has 0 bridgehead atoms. The Morgan fingerprint density at radius 3 is 2.62 bits per heavy atom. The average molecular weight is 243 g/mol. The zero-order valence-corrected chi connectivity index (χ0v) is 11.2. The summed E-state index contributed by atoms with van der Waals surface area (Å²) in [6.07, 6.45) is -0.0646. The van der Waals surface area contributed by atoms with Crippen LogP contribution in [0.1, 0.15) is 20.8 Å². The Morgan fingerprint density at radius 1 is 1.50 bits per heavy atom. The van der Waals surface area contributed by atoms with Gasteiger partial charge < -0.3 is 14.2 Å². The summed E-state index contributed by atoms with van der Waals surface area (Å²) in [6, 6.07) is 0.206. The molecule has 1 fully saturated rings. The van der Waals surface area contributed by atoms with Crippen LogP contribution in [-0.2, 0) is 14.1 Å². The van der Waals surface area contributed by atoms with E-state index >= 15 is 0 Å². The van der Waals surface area contributed by atoms with Crippen LogP contribution >= 0.6 is 9.47 Å². The van der Waals surface area contributed by atoms with Crippen molar-refractivity contribution in [2.75, 3.05) is 7.11 Å². The number of hydrogen-bond acceptors (Lipinski definition) is 3. The molecule has 90 valence electrons. The number of methoxy groups -OCH3 is 1. The molecule has 0 N–H and O–H groups in total. The fourth-order valence-electron chi connectivity index (χ4n) is 2.96. The predicted octanol–water partition coefficient (Wildman–Crippen LogP) is 1.54. The molecule has 1 amide bonds. The zero-order valence-electron chi connectivity index (χ0n) is 10.1. The zero-order chi connectivity index (χ0) is 12.0. The van der Waals surface area contributed by atoms with Crippen LogP contribution in [0.25, 0.3) is 0 Å². The molecule has 1 saturated heterocycles. The van der Waals surface area contributed by atoms with Crippen LogP contribution in [0.3, 0.4) is 0 Å². The van der Waals surface area contributed by atoms with Crippen molar-refractivity contribution in [3.8, 4) is 0 Å². The highest BCUT2D eigenvalue weighted by Gasteiger charge is 2.58. The van der Waals surface area contributed by atoms with E-state index in [-0.39, 0.29) is 29.9 Å². The maximum absolute atomic E-state index is 12.0. The summed E-state index contributed by atoms with van der Waals surface area (Å²) >= 11 is 0. The normalized spacial score (nSPS) is 34.9. The van der Waals surface area contributed by atoms with Gasteiger partial charge in [-0.25, -0.2) is 0 Å². The highest BCUT2D eigenvalue weighted by molar-refractivity contribution is 7.09. The molecule has 0 aliphatic carbocycles. The first kappa shape index (κ1) is 11.9. The summed E-state index contributed by atoms with van der Waals surface area (Å²) in [6.45, 7) is 5.97. The van der Waals surface area contributed by atoms with Gasteiger partial charge in [0.15, 0.2) is 0 Å². The van der Waals surface area contributed by atoms with Gasteiger partial charge in [-0.3, -0.25) is 4.79 Å². The highest BCUT2D eigenvalue weighted by atomic mass is 31.0. The van der Waals surface area contributed by atoms with E-state index in [1.54, 1.807) is 7.11 Å². The standard InChI is InChI=1S/C11H18NO3P/c1-5-9-8(7(3)15-16)11(13)12(9)6(2)10(5)14-4/h5,7-9H,16H2,1-4H3. The first-order valence-corrected chi connectivity index (χ1v) is 5.95. The van der Waals surface area contributed by atoms with Gasteiger partial charge in [0.2, 0.25) is 5.91 Å². The highest BCUT2D eigenvalue weighted by Crippen LogP contribution is 2.47. The molecule has 4 nitrogen and oxygen atoms in total. The molecule has 16 heavy (non-hydrogen) atoms. The number of ether oxygens (including phenoxy) is 1. The van der Waals surface area contributed by atoms with Crippen LogP contribution in [0.15, 0.2) is 11.5 Å². The molecule has 2 aliphatic heterocycles. The molecule has 0 aromatic carbocycles. The van der Waals surface area contributed by atoms with Crippen molar-refractivity contribution < 1.29 is 14.1 Å². The largest absolute Gasteiger partial charge is 0.499 e. The van der Waals surface area contributed by atoms with Crippen molar-refractivity contribution >= 4 is 15.4 Å². The molecule has 5 atom stereocenters. The van der Waals surface area contributed by atoms with E-state index in [4.69, 9.17) is 9.26 Å². The summed E-state index contributed by atoms with van der Waals surface area (Å²) < 4.78 is 10.6. The second-order valence-corrected chi connectivity index (χ2v) is 4.78. The lowest BCUT2D eigenvalue weighted by atomic mass is 9.79. The number of hydrogen-bond donors (Lipinski definition) is 0. The topological polar surface area (TPSA) is 38.8 Å². The van der Waals surface area contributed by atoms with E-state index < -0.39 is 0 Å². The number of amides is 1. The molecule has 2 aliphatic rings. The van der Waals surface area contributed by atoms with Gasteiger partial charge in [0.1, 0.15) is 5.76 Å². The van der Waals surface area contributed by atoms with Gasteiger partial charge in [-0.1, -0.05) is 6.92 Å². The van der Waals surface area contributed by atoms with Gasteiger partial charge in [-0.05, 0) is 13.8 Å². The van der Waals surface area contributed by atoms with Gasteiger partial charge in [-0.2, -0.15) is 0 Å². The number of carbonyl (C=O) groups is 1. The Balaban J connectivity index is 2.24. The van der Waals surface area contributed by atoms with E-state index in [1.807, 2.05) is 18.7 Å². The minimum atomic E-state index is -0.0646. The Hall–Kier alpha value is -0.600. The van der Waals surface area contributed by atoms with Crippen LogP contribution in [0.2, 0.25) is 0 Å². The number of allylic oxidation sites excluding steroid dienone is 1. The minimum absolute atomic E-state index is 0.0462. The van der Waals surface area contributed by atoms with E-state index in [2.05, 4.69) is 16.4 Å². The van der Waals surface area contributed by atoms with Gasteiger partial charge in [0.05, 0.1) is 30.9 Å². The molecule has 0 spiro atoms. The maximum atomic E-state index is 12.0. The molecule has 5 unspecified atom stereocenters. The predicted molar refractivity (Wildman–Crippen MR) is 63.3 cm³/mol. The molecular formula is C11H18NO3P. The molecule has 0 aromatic rings. The maximum Gasteiger partial charge on any atom is 0.235 e. The first-order valence-electron chi connectivity index (χ1n) is 5.48. The van der Waals surface area contributed by atoms with Crippen molar-refractivity contribution in [3.05, 3.63) is 11.5 Å². The van der Waals surface area contributed by atoms with Crippen molar-refractivity contribution in [2.45, 2.75) is 32.9 Å². The van der Waals surface area contributed by atoms with Crippen LogP contribution < -0.4 is 0 Å². The Bertz CT molecular complexity index is 355. The van der Waals surface area contributed by atoms with E-state index in [9.17, 15) is 4.79 Å². The quantitative estimate of drug-likeness (QED) is 0.557. The Kier molecular flexibility index (Phi) is 2.97. The molecule has 0 aromatic heterocycles.